The van der Waals surface area contributed by atoms with E-state index >= 15 is 8.78 Å². The van der Waals surface area contributed by atoms with Gasteiger partial charge >= 0.3 is 13.3 Å². The van der Waals surface area contributed by atoms with Gasteiger partial charge in [-0.25, -0.2) is 8.93 Å². The van der Waals surface area contributed by atoms with Crippen molar-refractivity contribution in [3.05, 3.63) is 48.7 Å². The molecule has 0 saturated heterocycles. The maximum atomic E-state index is 15.9. The fourth-order valence-electron chi connectivity index (χ4n) is 3.11. The van der Waals surface area contributed by atoms with Crippen LogP contribution in [0.1, 0.15) is 46.2 Å². The summed E-state index contributed by atoms with van der Waals surface area (Å²) in [5, 5.41) is 0.520. The van der Waals surface area contributed by atoms with E-state index in [9.17, 15) is 8.77 Å². The lowest BCUT2D eigenvalue weighted by atomic mass is 10.1. The molecule has 10 heteroatoms. The lowest BCUT2D eigenvalue weighted by Crippen LogP contribution is -2.43. The summed E-state index contributed by atoms with van der Waals surface area (Å²) in [6.45, 7) is 11.6. The molecule has 1 heterocycles. The molecule has 2 unspecified atom stereocenters. The highest BCUT2D eigenvalue weighted by atomic mass is 32.2. The van der Waals surface area contributed by atoms with Crippen LogP contribution in [0.2, 0.25) is 0 Å². The van der Waals surface area contributed by atoms with E-state index in [1.165, 1.54) is 13.8 Å². The average molecular weight is 477 g/mol. The first kappa shape index (κ1) is 25.9. The van der Waals surface area contributed by atoms with Crippen molar-refractivity contribution in [1.29, 1.82) is 0 Å². The van der Waals surface area contributed by atoms with Crippen molar-refractivity contribution in [3.63, 3.8) is 0 Å². The van der Waals surface area contributed by atoms with E-state index in [2.05, 4.69) is 11.3 Å². The van der Waals surface area contributed by atoms with Crippen LogP contribution in [0.15, 0.2) is 43.1 Å². The number of hydrogen-bond donors (Lipinski definition) is 1. The third kappa shape index (κ3) is 5.34. The summed E-state index contributed by atoms with van der Waals surface area (Å²) < 4.78 is 71.4. The molecule has 2 atom stereocenters. The second-order valence-corrected chi connectivity index (χ2v) is 12.0. The Morgan fingerprint density at radius 1 is 1.23 bits per heavy atom. The lowest BCUT2D eigenvalue weighted by Gasteiger charge is -2.33. The third-order valence-electron chi connectivity index (χ3n) is 4.55. The number of halogens is 2. The van der Waals surface area contributed by atoms with Gasteiger partial charge < -0.3 is 13.6 Å². The standard InChI is InChI=1S/C21H31F2N2O4PS/c1-7-14-25-15-17(16-12-10-11-13-18(16)25)19(24-31(27)20(4,5)6)21(22,23)30(26,28-8-2)29-9-3/h7,10-13,15,19,24H,1,8-9,14H2,2-6H3. The van der Waals surface area contributed by atoms with Gasteiger partial charge in [-0.15, -0.1) is 6.58 Å². The SMILES string of the molecule is C=CCn1cc(C(NS(=O)C(C)(C)C)C(F)(F)P(=O)(OCC)OCC)c2ccccc21. The number of aromatic nitrogens is 1. The molecule has 0 aliphatic rings. The minimum absolute atomic E-state index is 0.152. The number of nitrogens with zero attached hydrogens (tertiary/aromatic N) is 1. The minimum atomic E-state index is -4.90. The highest BCUT2D eigenvalue weighted by Gasteiger charge is 2.60. The van der Waals surface area contributed by atoms with Gasteiger partial charge in [0.1, 0.15) is 6.04 Å². The minimum Gasteiger partial charge on any atom is -0.343 e. The van der Waals surface area contributed by atoms with Crippen LogP contribution in [-0.4, -0.2) is 32.4 Å². The number of hydrogen-bond acceptors (Lipinski definition) is 4. The molecule has 6 nitrogen and oxygen atoms in total. The van der Waals surface area contributed by atoms with E-state index in [4.69, 9.17) is 9.05 Å². The number of fused-ring (bicyclic) bond motifs is 1. The zero-order valence-corrected chi connectivity index (χ0v) is 20.3. The van der Waals surface area contributed by atoms with E-state index in [1.54, 1.807) is 61.9 Å². The van der Waals surface area contributed by atoms with Crippen molar-refractivity contribution in [2.45, 2.75) is 57.6 Å². The molecule has 0 bridgehead atoms. The maximum absolute atomic E-state index is 15.9. The van der Waals surface area contributed by atoms with Crippen molar-refractivity contribution < 1.29 is 26.6 Å². The van der Waals surface area contributed by atoms with E-state index in [-0.39, 0.29) is 18.8 Å². The third-order valence-corrected chi connectivity index (χ3v) is 8.29. The molecular weight excluding hydrogens is 445 g/mol. The Bertz CT molecular complexity index is 977. The number of nitrogens with one attached hydrogen (secondary N) is 1. The van der Waals surface area contributed by atoms with Gasteiger partial charge in [0.25, 0.3) is 0 Å². The Balaban J connectivity index is 2.75. The van der Waals surface area contributed by atoms with Crippen LogP contribution in [0.25, 0.3) is 10.9 Å². The lowest BCUT2D eigenvalue weighted by molar-refractivity contribution is 0.0119. The largest absolute Gasteiger partial charge is 0.401 e. The summed E-state index contributed by atoms with van der Waals surface area (Å²) in [4.78, 5) is 0. The Labute approximate surface area is 185 Å². The van der Waals surface area contributed by atoms with Gasteiger partial charge in [0.05, 0.1) is 28.9 Å². The van der Waals surface area contributed by atoms with Gasteiger partial charge in [0.15, 0.2) is 0 Å². The topological polar surface area (TPSA) is 69.6 Å². The Kier molecular flexibility index (Phi) is 8.39. The van der Waals surface area contributed by atoms with Crippen molar-refractivity contribution in [1.82, 2.24) is 9.29 Å². The molecule has 31 heavy (non-hydrogen) atoms. The molecule has 0 spiro atoms. The summed E-state index contributed by atoms with van der Waals surface area (Å²) in [6.07, 6.45) is 3.19. The molecule has 0 aliphatic carbocycles. The summed E-state index contributed by atoms with van der Waals surface area (Å²) in [6, 6.07) is 5.13. The second-order valence-electron chi connectivity index (χ2n) is 7.90. The predicted molar refractivity (Wildman–Crippen MR) is 122 cm³/mol. The van der Waals surface area contributed by atoms with Gasteiger partial charge in [-0.05, 0) is 40.7 Å². The highest BCUT2D eigenvalue weighted by Crippen LogP contribution is 2.66. The van der Waals surface area contributed by atoms with Crippen LogP contribution in [0.3, 0.4) is 0 Å². The molecule has 1 aromatic heterocycles. The molecule has 1 aromatic carbocycles. The van der Waals surface area contributed by atoms with Gasteiger partial charge in [-0.1, -0.05) is 24.3 Å². The van der Waals surface area contributed by atoms with Gasteiger partial charge in [-0.3, -0.25) is 4.57 Å². The maximum Gasteiger partial charge on any atom is 0.401 e. The molecular formula is C21H31F2N2O4PS. The molecule has 2 aromatic rings. The van der Waals surface area contributed by atoms with Crippen molar-refractivity contribution in [2.75, 3.05) is 13.2 Å². The summed E-state index contributed by atoms with van der Waals surface area (Å²) in [7, 11) is -6.78. The van der Waals surface area contributed by atoms with Crippen molar-refractivity contribution in [2.24, 2.45) is 0 Å². The Hall–Kier alpha value is -1.38. The first-order chi connectivity index (χ1) is 14.4. The Morgan fingerprint density at radius 2 is 1.81 bits per heavy atom. The van der Waals surface area contributed by atoms with Crippen molar-refractivity contribution >= 4 is 29.5 Å². The number of allylic oxidation sites excluding steroid dienone is 1. The summed E-state index contributed by atoms with van der Waals surface area (Å²) >= 11 is 0. The average Bonchev–Trinajstić information content (AvgIpc) is 3.04. The highest BCUT2D eigenvalue weighted by molar-refractivity contribution is 7.84. The number of para-hydroxylation sites is 1. The van der Waals surface area contributed by atoms with E-state index in [0.717, 1.165) is 0 Å². The molecule has 0 amide bonds. The molecule has 0 aliphatic heterocycles. The van der Waals surface area contributed by atoms with Crippen LogP contribution in [-0.2, 0) is 31.1 Å². The molecule has 174 valence electrons. The molecule has 0 fully saturated rings. The summed E-state index contributed by atoms with van der Waals surface area (Å²) in [5.74, 6) is 0. The zero-order valence-electron chi connectivity index (χ0n) is 18.6. The van der Waals surface area contributed by atoms with E-state index in [1.807, 2.05) is 0 Å². The van der Waals surface area contributed by atoms with Crippen LogP contribution in [0, 0.1) is 0 Å². The number of benzene rings is 1. The molecule has 1 N–H and O–H groups in total. The summed E-state index contributed by atoms with van der Waals surface area (Å²) in [5.41, 5.74) is -3.15. The van der Waals surface area contributed by atoms with Crippen LogP contribution in [0.5, 0.6) is 0 Å². The second kappa shape index (κ2) is 10.0. The fourth-order valence-corrected chi connectivity index (χ4v) is 5.66. The fraction of sp³-hybridized carbons (Fsp3) is 0.524. The normalized spacial score (nSPS) is 15.2. The number of alkyl halides is 2. The van der Waals surface area contributed by atoms with Crippen LogP contribution in [0.4, 0.5) is 8.78 Å². The monoisotopic (exact) mass is 476 g/mol. The van der Waals surface area contributed by atoms with Gasteiger partial charge in [0, 0.05) is 29.2 Å². The zero-order chi connectivity index (χ0) is 23.4. The van der Waals surface area contributed by atoms with E-state index < -0.39 is 35.0 Å². The smallest absolute Gasteiger partial charge is 0.343 e. The molecule has 0 saturated carbocycles. The van der Waals surface area contributed by atoms with Crippen LogP contribution < -0.4 is 4.72 Å². The number of rotatable bonds is 11. The van der Waals surface area contributed by atoms with Gasteiger partial charge in [-0.2, -0.15) is 8.78 Å². The van der Waals surface area contributed by atoms with E-state index in [0.29, 0.717) is 17.4 Å². The Morgan fingerprint density at radius 3 is 2.32 bits per heavy atom. The predicted octanol–water partition coefficient (Wildman–Crippen LogP) is 5.78. The quantitative estimate of drug-likeness (QED) is 0.330. The molecule has 0 radical (unpaired) electrons. The van der Waals surface area contributed by atoms with Crippen LogP contribution >= 0.6 is 7.60 Å². The van der Waals surface area contributed by atoms with Gasteiger partial charge in [0.2, 0.25) is 0 Å². The van der Waals surface area contributed by atoms with Crippen molar-refractivity contribution in [3.8, 4) is 0 Å². The first-order valence-corrected chi connectivity index (χ1v) is 12.8. The first-order valence-electron chi connectivity index (χ1n) is 10.1. The molecule has 2 rings (SSSR count).